The molecule has 3 heteroatoms. The van der Waals surface area contributed by atoms with E-state index >= 15 is 0 Å². The SMILES string of the molecule is CC(=O)C1(C(C)=O)C=CC(c2ccccc2)O1. The molecule has 1 aliphatic heterocycles. The summed E-state index contributed by atoms with van der Waals surface area (Å²) in [5.74, 6) is -0.556. The summed E-state index contributed by atoms with van der Waals surface area (Å²) in [5.41, 5.74) is -0.450. The summed E-state index contributed by atoms with van der Waals surface area (Å²) in [6, 6.07) is 9.52. The third-order valence-electron chi connectivity index (χ3n) is 2.99. The number of Topliss-reactive ketones (excluding diaryl/α,β-unsaturated/α-hetero) is 2. The van der Waals surface area contributed by atoms with Gasteiger partial charge in [-0.15, -0.1) is 0 Å². The van der Waals surface area contributed by atoms with Crippen LogP contribution in [-0.2, 0) is 14.3 Å². The normalized spacial score (nSPS) is 21.4. The van der Waals surface area contributed by atoms with Crippen LogP contribution in [0.1, 0.15) is 25.5 Å². The highest BCUT2D eigenvalue weighted by Crippen LogP contribution is 2.34. The number of carbonyl (C=O) groups is 2. The minimum atomic E-state index is -1.39. The van der Waals surface area contributed by atoms with Gasteiger partial charge in [0.15, 0.2) is 11.6 Å². The number of hydrogen-bond acceptors (Lipinski definition) is 3. The molecule has 0 saturated carbocycles. The van der Waals surface area contributed by atoms with E-state index in [2.05, 4.69) is 0 Å². The zero-order valence-electron chi connectivity index (χ0n) is 9.84. The highest BCUT2D eigenvalue weighted by Gasteiger charge is 2.44. The molecule has 0 fully saturated rings. The van der Waals surface area contributed by atoms with Crippen LogP contribution in [0.3, 0.4) is 0 Å². The largest absolute Gasteiger partial charge is 0.343 e. The van der Waals surface area contributed by atoms with Gasteiger partial charge in [-0.1, -0.05) is 36.4 Å². The molecule has 1 aromatic carbocycles. The predicted octanol–water partition coefficient (Wildman–Crippen LogP) is 2.23. The molecule has 1 heterocycles. The quantitative estimate of drug-likeness (QED) is 0.590. The molecule has 0 radical (unpaired) electrons. The van der Waals surface area contributed by atoms with Crippen LogP contribution >= 0.6 is 0 Å². The molecule has 0 spiro atoms. The molecular formula is C14H14O3. The first-order chi connectivity index (χ1) is 8.06. The van der Waals surface area contributed by atoms with E-state index < -0.39 is 5.60 Å². The Morgan fingerprint density at radius 1 is 1.12 bits per heavy atom. The minimum Gasteiger partial charge on any atom is -0.343 e. The van der Waals surface area contributed by atoms with Crippen molar-refractivity contribution < 1.29 is 14.3 Å². The van der Waals surface area contributed by atoms with Crippen molar-refractivity contribution >= 4 is 11.6 Å². The Labute approximate surface area is 100 Å². The molecule has 1 unspecified atom stereocenters. The standard InChI is InChI=1S/C14H14O3/c1-10(15)14(11(2)16)9-8-13(17-14)12-6-4-3-5-7-12/h3-9,13H,1-2H3. The van der Waals surface area contributed by atoms with Crippen molar-refractivity contribution in [2.45, 2.75) is 25.6 Å². The first kappa shape index (κ1) is 11.7. The maximum Gasteiger partial charge on any atom is 0.203 e. The maximum absolute atomic E-state index is 11.6. The predicted molar refractivity (Wildman–Crippen MR) is 63.5 cm³/mol. The zero-order valence-corrected chi connectivity index (χ0v) is 9.84. The first-order valence-corrected chi connectivity index (χ1v) is 5.50. The molecule has 1 aliphatic rings. The van der Waals surface area contributed by atoms with Crippen LogP contribution in [0.2, 0.25) is 0 Å². The van der Waals surface area contributed by atoms with Gasteiger partial charge >= 0.3 is 0 Å². The Morgan fingerprint density at radius 3 is 2.18 bits per heavy atom. The van der Waals surface area contributed by atoms with Gasteiger partial charge in [-0.25, -0.2) is 0 Å². The van der Waals surface area contributed by atoms with E-state index in [0.717, 1.165) is 5.56 Å². The molecule has 2 rings (SSSR count). The second kappa shape index (κ2) is 4.26. The monoisotopic (exact) mass is 230 g/mol. The van der Waals surface area contributed by atoms with Gasteiger partial charge in [0.05, 0.1) is 0 Å². The van der Waals surface area contributed by atoms with Crippen LogP contribution in [0, 0.1) is 0 Å². The molecule has 0 N–H and O–H groups in total. The van der Waals surface area contributed by atoms with Crippen LogP contribution in [0.15, 0.2) is 42.5 Å². The van der Waals surface area contributed by atoms with E-state index in [4.69, 9.17) is 4.74 Å². The minimum absolute atomic E-state index is 0.278. The van der Waals surface area contributed by atoms with Gasteiger partial charge in [0.2, 0.25) is 5.60 Å². The summed E-state index contributed by atoms with van der Waals surface area (Å²) in [4.78, 5) is 23.2. The van der Waals surface area contributed by atoms with Gasteiger partial charge < -0.3 is 4.74 Å². The zero-order chi connectivity index (χ0) is 12.5. The molecular weight excluding hydrogens is 216 g/mol. The molecule has 17 heavy (non-hydrogen) atoms. The van der Waals surface area contributed by atoms with Gasteiger partial charge in [0.1, 0.15) is 6.10 Å². The Bertz CT molecular complexity index is 460. The number of ketones is 2. The van der Waals surface area contributed by atoms with Crippen LogP contribution in [-0.4, -0.2) is 17.2 Å². The van der Waals surface area contributed by atoms with E-state index in [1.165, 1.54) is 13.8 Å². The van der Waals surface area contributed by atoms with Crippen molar-refractivity contribution in [3.8, 4) is 0 Å². The molecule has 0 saturated heterocycles. The first-order valence-electron chi connectivity index (χ1n) is 5.50. The Morgan fingerprint density at radius 2 is 1.71 bits per heavy atom. The molecule has 3 nitrogen and oxygen atoms in total. The van der Waals surface area contributed by atoms with Crippen LogP contribution < -0.4 is 0 Å². The number of hydrogen-bond donors (Lipinski definition) is 0. The number of benzene rings is 1. The molecule has 0 amide bonds. The summed E-state index contributed by atoms with van der Waals surface area (Å²) in [5, 5.41) is 0. The van der Waals surface area contributed by atoms with Crippen molar-refractivity contribution in [2.75, 3.05) is 0 Å². The van der Waals surface area contributed by atoms with Crippen molar-refractivity contribution in [3.63, 3.8) is 0 Å². The van der Waals surface area contributed by atoms with Gasteiger partial charge in [0.25, 0.3) is 0 Å². The second-order valence-electron chi connectivity index (χ2n) is 4.16. The van der Waals surface area contributed by atoms with E-state index in [9.17, 15) is 9.59 Å². The third-order valence-corrected chi connectivity index (χ3v) is 2.99. The smallest absolute Gasteiger partial charge is 0.203 e. The van der Waals surface area contributed by atoms with Crippen molar-refractivity contribution in [2.24, 2.45) is 0 Å². The fourth-order valence-corrected chi connectivity index (χ4v) is 1.97. The fourth-order valence-electron chi connectivity index (χ4n) is 1.97. The van der Waals surface area contributed by atoms with Gasteiger partial charge in [-0.05, 0) is 25.5 Å². The fraction of sp³-hybridized carbons (Fsp3) is 0.286. The Kier molecular flexibility index (Phi) is 2.94. The topological polar surface area (TPSA) is 43.4 Å². The van der Waals surface area contributed by atoms with Crippen molar-refractivity contribution in [3.05, 3.63) is 48.0 Å². The highest BCUT2D eigenvalue weighted by atomic mass is 16.5. The van der Waals surface area contributed by atoms with Crippen molar-refractivity contribution in [1.82, 2.24) is 0 Å². The van der Waals surface area contributed by atoms with Crippen LogP contribution in [0.4, 0.5) is 0 Å². The lowest BCUT2D eigenvalue weighted by Crippen LogP contribution is -2.43. The molecule has 88 valence electrons. The Hall–Kier alpha value is -1.74. The van der Waals surface area contributed by atoms with E-state index in [1.807, 2.05) is 30.3 Å². The van der Waals surface area contributed by atoms with Crippen LogP contribution in [0.25, 0.3) is 0 Å². The molecule has 0 aromatic heterocycles. The van der Waals surface area contributed by atoms with E-state index in [1.54, 1.807) is 12.2 Å². The molecule has 0 bridgehead atoms. The second-order valence-corrected chi connectivity index (χ2v) is 4.16. The highest BCUT2D eigenvalue weighted by molar-refractivity contribution is 6.11. The van der Waals surface area contributed by atoms with Gasteiger partial charge in [-0.3, -0.25) is 9.59 Å². The lowest BCUT2D eigenvalue weighted by molar-refractivity contribution is -0.150. The molecule has 1 atom stereocenters. The Balaban J connectivity index is 2.29. The summed E-state index contributed by atoms with van der Waals surface area (Å²) < 4.78 is 5.65. The average molecular weight is 230 g/mol. The number of ether oxygens (including phenoxy) is 1. The maximum atomic E-state index is 11.6. The van der Waals surface area contributed by atoms with Gasteiger partial charge in [0, 0.05) is 0 Å². The molecule has 0 aliphatic carbocycles. The summed E-state index contributed by atoms with van der Waals surface area (Å²) in [6.07, 6.45) is 3.00. The van der Waals surface area contributed by atoms with Gasteiger partial charge in [-0.2, -0.15) is 0 Å². The van der Waals surface area contributed by atoms with E-state index in [0.29, 0.717) is 0 Å². The summed E-state index contributed by atoms with van der Waals surface area (Å²) in [7, 11) is 0. The summed E-state index contributed by atoms with van der Waals surface area (Å²) >= 11 is 0. The van der Waals surface area contributed by atoms with Crippen molar-refractivity contribution in [1.29, 1.82) is 0 Å². The third kappa shape index (κ3) is 1.94. The number of rotatable bonds is 3. The lowest BCUT2D eigenvalue weighted by atomic mass is 9.95. The van der Waals surface area contributed by atoms with Crippen LogP contribution in [0.5, 0.6) is 0 Å². The number of carbonyl (C=O) groups excluding carboxylic acids is 2. The lowest BCUT2D eigenvalue weighted by Gasteiger charge is -2.23. The summed E-state index contributed by atoms with van der Waals surface area (Å²) in [6.45, 7) is 2.75. The molecule has 1 aromatic rings. The van der Waals surface area contributed by atoms with E-state index in [-0.39, 0.29) is 17.7 Å². The average Bonchev–Trinajstić information content (AvgIpc) is 2.76.